The van der Waals surface area contributed by atoms with Crippen molar-refractivity contribution in [2.45, 2.75) is 121 Å². The van der Waals surface area contributed by atoms with E-state index in [4.69, 9.17) is 14.2 Å². The summed E-state index contributed by atoms with van der Waals surface area (Å²) in [6.07, 6.45) is 1.76. The number of nitrogens with zero attached hydrogens (tertiary/aromatic N) is 1. The van der Waals surface area contributed by atoms with Crippen LogP contribution in [-0.2, 0) is 23.8 Å². The van der Waals surface area contributed by atoms with E-state index in [1.165, 1.54) is 19.4 Å². The number of aliphatic hydroxyl groups excluding tert-OH is 2. The summed E-state index contributed by atoms with van der Waals surface area (Å²) in [6.45, 7) is 16.5. The Morgan fingerprint density at radius 1 is 1.18 bits per heavy atom. The molecule has 2 unspecified atom stereocenters. The molecule has 0 aromatic carbocycles. The highest BCUT2D eigenvalue weighted by atomic mass is 16.6. The number of Topliss-reactive ketones (excluding diaryl/α,β-unsaturated/α-hetero) is 1. The number of piperidine rings is 1. The maximum Gasteiger partial charge on any atom is 0.303 e. The molecule has 0 aromatic rings. The number of likely N-dealkylation sites (tertiary alicyclic amines) is 1. The molecule has 2 saturated carbocycles. The van der Waals surface area contributed by atoms with Crippen LogP contribution in [0.1, 0.15) is 80.1 Å². The van der Waals surface area contributed by atoms with Gasteiger partial charge in [0, 0.05) is 31.2 Å². The number of aliphatic hydroxyl groups is 3. The molecular formula is C30H49NO8. The molecule has 39 heavy (non-hydrogen) atoms. The summed E-state index contributed by atoms with van der Waals surface area (Å²) >= 11 is 0. The van der Waals surface area contributed by atoms with Gasteiger partial charge in [0.2, 0.25) is 0 Å². The summed E-state index contributed by atoms with van der Waals surface area (Å²) in [4.78, 5) is 28.3. The molecule has 2 aliphatic carbocycles. The fourth-order valence-corrected chi connectivity index (χ4v) is 8.55. The van der Waals surface area contributed by atoms with Crippen LogP contribution in [0.3, 0.4) is 0 Å². The van der Waals surface area contributed by atoms with E-state index in [1.54, 1.807) is 20.8 Å². The van der Waals surface area contributed by atoms with E-state index in [0.29, 0.717) is 19.4 Å². The summed E-state index contributed by atoms with van der Waals surface area (Å²) in [6, 6.07) is 0. The van der Waals surface area contributed by atoms with Crippen LogP contribution < -0.4 is 0 Å². The lowest BCUT2D eigenvalue weighted by Gasteiger charge is -2.71. The van der Waals surface area contributed by atoms with Gasteiger partial charge in [-0.1, -0.05) is 33.3 Å². The zero-order valence-corrected chi connectivity index (χ0v) is 24.6. The number of carbonyl (C=O) groups is 2. The van der Waals surface area contributed by atoms with Crippen LogP contribution in [0.2, 0.25) is 0 Å². The number of hydrogen-bond acceptors (Lipinski definition) is 9. The Bertz CT molecular complexity index is 965. The number of ether oxygens (including phenoxy) is 3. The van der Waals surface area contributed by atoms with Gasteiger partial charge in [-0.3, -0.25) is 14.5 Å². The van der Waals surface area contributed by atoms with Crippen LogP contribution in [0.5, 0.6) is 0 Å². The number of hydrogen-bond donors (Lipinski definition) is 3. The molecule has 9 nitrogen and oxygen atoms in total. The number of esters is 1. The Balaban J connectivity index is 1.75. The van der Waals surface area contributed by atoms with Crippen molar-refractivity contribution in [1.29, 1.82) is 0 Å². The first-order chi connectivity index (χ1) is 18.1. The standard InChI is InChI=1S/C30H49NO8/c1-8-27(5)16-22(34)30(36)28(6)21(33)12-13-26(3,4)24(28)23(35)25(29(30,7)39-27)37-18-20(38-19(2)32)17-31-14-10-9-11-15-31/h8,20-21,23-25,33,35-36H,1,9-18H2,2-7H3/t20?,21-,23-,24?,25-,27-,28-,29+,30-/m0/s1. The monoisotopic (exact) mass is 551 g/mol. The van der Waals surface area contributed by atoms with Gasteiger partial charge < -0.3 is 29.5 Å². The number of ketones is 1. The molecule has 2 heterocycles. The number of rotatable bonds is 7. The average molecular weight is 552 g/mol. The van der Waals surface area contributed by atoms with E-state index >= 15 is 0 Å². The topological polar surface area (TPSA) is 126 Å². The lowest BCUT2D eigenvalue weighted by Crippen LogP contribution is -2.86. The molecule has 4 fully saturated rings. The van der Waals surface area contributed by atoms with E-state index < -0.39 is 69.7 Å². The highest BCUT2D eigenvalue weighted by Crippen LogP contribution is 2.67. The molecule has 9 atom stereocenters. The van der Waals surface area contributed by atoms with Crippen LogP contribution >= 0.6 is 0 Å². The molecule has 0 bridgehead atoms. The molecular weight excluding hydrogens is 502 g/mol. The molecule has 0 radical (unpaired) electrons. The number of carbonyl (C=O) groups excluding carboxylic acids is 2. The summed E-state index contributed by atoms with van der Waals surface area (Å²) in [5, 5.41) is 36.1. The maximum atomic E-state index is 14.0. The summed E-state index contributed by atoms with van der Waals surface area (Å²) in [7, 11) is 0. The van der Waals surface area contributed by atoms with Crippen LogP contribution in [0.15, 0.2) is 12.7 Å². The van der Waals surface area contributed by atoms with E-state index in [-0.39, 0.29) is 13.0 Å². The predicted octanol–water partition coefficient (Wildman–Crippen LogP) is 2.39. The highest BCUT2D eigenvalue weighted by Gasteiger charge is 2.80. The zero-order chi connectivity index (χ0) is 29.0. The molecule has 3 N–H and O–H groups in total. The fraction of sp³-hybridized carbons (Fsp3) is 0.867. The Labute approximate surface area is 232 Å². The minimum Gasteiger partial charge on any atom is -0.459 e. The molecule has 0 amide bonds. The summed E-state index contributed by atoms with van der Waals surface area (Å²) < 4.78 is 18.6. The van der Waals surface area contributed by atoms with E-state index in [1.807, 2.05) is 13.8 Å². The molecule has 4 rings (SSSR count). The van der Waals surface area contributed by atoms with Gasteiger partial charge in [0.25, 0.3) is 0 Å². The molecule has 2 aliphatic heterocycles. The Kier molecular flexibility index (Phi) is 8.22. The van der Waals surface area contributed by atoms with Gasteiger partial charge in [0.1, 0.15) is 17.8 Å². The van der Waals surface area contributed by atoms with Gasteiger partial charge >= 0.3 is 5.97 Å². The maximum absolute atomic E-state index is 14.0. The first-order valence-electron chi connectivity index (χ1n) is 14.5. The van der Waals surface area contributed by atoms with Gasteiger partial charge in [-0.25, -0.2) is 0 Å². The van der Waals surface area contributed by atoms with Gasteiger partial charge in [0.05, 0.1) is 24.4 Å². The van der Waals surface area contributed by atoms with Gasteiger partial charge in [-0.05, 0) is 58.0 Å². The molecule has 4 aliphatic rings. The zero-order valence-electron chi connectivity index (χ0n) is 24.6. The quantitative estimate of drug-likeness (QED) is 0.323. The molecule has 9 heteroatoms. The van der Waals surface area contributed by atoms with Crippen LogP contribution in [0.4, 0.5) is 0 Å². The van der Waals surface area contributed by atoms with Crippen molar-refractivity contribution >= 4 is 11.8 Å². The number of fused-ring (bicyclic) bond motifs is 3. The Morgan fingerprint density at radius 3 is 2.41 bits per heavy atom. The van der Waals surface area contributed by atoms with Gasteiger partial charge in [0.15, 0.2) is 11.4 Å². The van der Waals surface area contributed by atoms with Crippen molar-refractivity contribution in [2.75, 3.05) is 26.2 Å². The average Bonchev–Trinajstić information content (AvgIpc) is 2.84. The predicted molar refractivity (Wildman–Crippen MR) is 145 cm³/mol. The van der Waals surface area contributed by atoms with Crippen LogP contribution in [0.25, 0.3) is 0 Å². The summed E-state index contributed by atoms with van der Waals surface area (Å²) in [5.74, 6) is -1.57. The van der Waals surface area contributed by atoms with Gasteiger partial charge in [-0.15, -0.1) is 6.58 Å². The lowest BCUT2D eigenvalue weighted by molar-refractivity contribution is -0.376. The summed E-state index contributed by atoms with van der Waals surface area (Å²) in [5.41, 5.74) is -6.91. The van der Waals surface area contributed by atoms with Crippen molar-refractivity contribution in [1.82, 2.24) is 4.90 Å². The first kappa shape index (κ1) is 30.6. The van der Waals surface area contributed by atoms with Crippen LogP contribution in [0, 0.1) is 16.7 Å². The Morgan fingerprint density at radius 2 is 1.82 bits per heavy atom. The third-order valence-corrected chi connectivity index (χ3v) is 10.4. The van der Waals surface area contributed by atoms with E-state index in [2.05, 4.69) is 11.5 Å². The normalized spacial score (nSPS) is 45.1. The smallest absolute Gasteiger partial charge is 0.303 e. The van der Waals surface area contributed by atoms with Gasteiger partial charge in [-0.2, -0.15) is 0 Å². The second-order valence-electron chi connectivity index (χ2n) is 13.7. The minimum absolute atomic E-state index is 0.0434. The Hall–Kier alpha value is -1.36. The largest absolute Gasteiger partial charge is 0.459 e. The minimum atomic E-state index is -2.15. The van der Waals surface area contributed by atoms with E-state index in [9.17, 15) is 24.9 Å². The molecule has 2 saturated heterocycles. The fourth-order valence-electron chi connectivity index (χ4n) is 8.55. The van der Waals surface area contributed by atoms with Crippen LogP contribution in [-0.4, -0.2) is 99.4 Å². The molecule has 222 valence electrons. The lowest BCUT2D eigenvalue weighted by atomic mass is 9.40. The molecule has 0 spiro atoms. The SMILES string of the molecule is C=C[C@@]1(C)CC(=O)[C@@]2(O)[C@](C)(O1)[C@@H](OCC(CN1CCCCC1)OC(C)=O)[C@@H](O)C1C(C)(C)CC[C@H](O)[C@@]12C. The van der Waals surface area contributed by atoms with Crippen molar-refractivity contribution in [3.05, 3.63) is 12.7 Å². The van der Waals surface area contributed by atoms with Crippen molar-refractivity contribution in [3.8, 4) is 0 Å². The van der Waals surface area contributed by atoms with E-state index in [0.717, 1.165) is 25.9 Å². The second kappa shape index (κ2) is 10.5. The third-order valence-electron chi connectivity index (χ3n) is 10.4. The third kappa shape index (κ3) is 4.81. The van der Waals surface area contributed by atoms with Crippen molar-refractivity contribution < 1.29 is 39.1 Å². The second-order valence-corrected chi connectivity index (χ2v) is 13.7. The molecule has 0 aromatic heterocycles. The highest BCUT2D eigenvalue weighted by molar-refractivity contribution is 5.92. The van der Waals surface area contributed by atoms with Crippen molar-refractivity contribution in [3.63, 3.8) is 0 Å². The first-order valence-corrected chi connectivity index (χ1v) is 14.5. The van der Waals surface area contributed by atoms with Crippen molar-refractivity contribution in [2.24, 2.45) is 16.7 Å².